The van der Waals surface area contributed by atoms with E-state index in [2.05, 4.69) is 10.3 Å². The second-order valence-corrected chi connectivity index (χ2v) is 9.29. The minimum atomic E-state index is -3.77. The van der Waals surface area contributed by atoms with Gasteiger partial charge in [0.05, 0.1) is 17.1 Å². The molecule has 0 bridgehead atoms. The molecule has 0 radical (unpaired) electrons. The third-order valence-corrected chi connectivity index (χ3v) is 7.09. The number of pyridine rings is 1. The molecule has 0 saturated heterocycles. The van der Waals surface area contributed by atoms with E-state index in [9.17, 15) is 13.2 Å². The number of sulfonamides is 1. The van der Waals surface area contributed by atoms with Crippen LogP contribution in [0.1, 0.15) is 30.2 Å². The molecule has 0 fully saturated rings. The van der Waals surface area contributed by atoms with Crippen LogP contribution in [0.3, 0.4) is 0 Å². The Morgan fingerprint density at radius 3 is 2.62 bits per heavy atom. The maximum atomic E-state index is 13.5. The molecular weight excluding hydrogens is 406 g/mol. The highest BCUT2D eigenvalue weighted by molar-refractivity contribution is 7.89. The van der Waals surface area contributed by atoms with Gasteiger partial charge < -0.3 is 5.32 Å². The predicted octanol–water partition coefficient (Wildman–Crippen LogP) is 4.19. The largest absolute Gasteiger partial charge is 0.326 e. The van der Waals surface area contributed by atoms with Crippen molar-refractivity contribution in [1.82, 2.24) is 9.29 Å². The van der Waals surface area contributed by atoms with Crippen molar-refractivity contribution < 1.29 is 13.2 Å². The molecular formula is C21H23N3O3S2. The normalized spacial score (nSPS) is 11.6. The van der Waals surface area contributed by atoms with Crippen LogP contribution in [0.5, 0.6) is 0 Å². The van der Waals surface area contributed by atoms with E-state index >= 15 is 0 Å². The van der Waals surface area contributed by atoms with Crippen molar-refractivity contribution >= 4 is 33.0 Å². The fraction of sp³-hybridized carbons (Fsp3) is 0.238. The smallest absolute Gasteiger partial charge is 0.243 e. The van der Waals surface area contributed by atoms with Gasteiger partial charge in [0.15, 0.2) is 0 Å². The van der Waals surface area contributed by atoms with Crippen molar-refractivity contribution in [2.75, 3.05) is 5.32 Å². The average Bonchev–Trinajstić information content (AvgIpc) is 3.21. The number of hydrogen-bond acceptors (Lipinski definition) is 5. The molecule has 1 amide bonds. The van der Waals surface area contributed by atoms with Gasteiger partial charge in [-0.3, -0.25) is 9.78 Å². The molecule has 2 aromatic heterocycles. The molecule has 0 saturated carbocycles. The molecule has 0 atom stereocenters. The SMILES string of the molecule is CCC(=O)Nc1ccc(S(=O)(=O)N(Cc2ccsc2)Cc2ccccn2)c(C)c1. The highest BCUT2D eigenvalue weighted by atomic mass is 32.2. The second kappa shape index (κ2) is 9.30. The summed E-state index contributed by atoms with van der Waals surface area (Å²) in [4.78, 5) is 16.1. The van der Waals surface area contributed by atoms with Crippen LogP contribution in [0.25, 0.3) is 0 Å². The molecule has 1 aromatic carbocycles. The van der Waals surface area contributed by atoms with Gasteiger partial charge in [-0.15, -0.1) is 0 Å². The lowest BCUT2D eigenvalue weighted by Gasteiger charge is -2.23. The van der Waals surface area contributed by atoms with Crippen LogP contribution >= 0.6 is 11.3 Å². The van der Waals surface area contributed by atoms with Crippen molar-refractivity contribution in [2.45, 2.75) is 38.3 Å². The lowest BCUT2D eigenvalue weighted by Crippen LogP contribution is -2.31. The van der Waals surface area contributed by atoms with Gasteiger partial charge in [-0.05, 0) is 65.2 Å². The number of carbonyl (C=O) groups excluding carboxylic acids is 1. The summed E-state index contributed by atoms with van der Waals surface area (Å²) < 4.78 is 28.4. The minimum absolute atomic E-state index is 0.116. The number of benzene rings is 1. The number of aryl methyl sites for hydroxylation is 1. The molecule has 152 valence electrons. The highest BCUT2D eigenvalue weighted by Crippen LogP contribution is 2.26. The number of nitrogens with zero attached hydrogens (tertiary/aromatic N) is 2. The number of amides is 1. The monoisotopic (exact) mass is 429 g/mol. The van der Waals surface area contributed by atoms with Gasteiger partial charge in [0.25, 0.3) is 0 Å². The summed E-state index contributed by atoms with van der Waals surface area (Å²) in [5, 5.41) is 6.63. The third-order valence-electron chi connectivity index (χ3n) is 4.40. The molecule has 29 heavy (non-hydrogen) atoms. The number of carbonyl (C=O) groups is 1. The Morgan fingerprint density at radius 1 is 1.17 bits per heavy atom. The maximum Gasteiger partial charge on any atom is 0.243 e. The van der Waals surface area contributed by atoms with E-state index in [0.717, 1.165) is 5.56 Å². The van der Waals surface area contributed by atoms with E-state index in [0.29, 0.717) is 23.4 Å². The summed E-state index contributed by atoms with van der Waals surface area (Å²) in [7, 11) is -3.77. The van der Waals surface area contributed by atoms with Gasteiger partial charge >= 0.3 is 0 Å². The summed E-state index contributed by atoms with van der Waals surface area (Å²) in [5.41, 5.74) is 2.77. The molecule has 2 heterocycles. The number of rotatable bonds is 8. The Balaban J connectivity index is 1.94. The van der Waals surface area contributed by atoms with E-state index in [1.165, 1.54) is 15.6 Å². The molecule has 0 aliphatic carbocycles. The van der Waals surface area contributed by atoms with Crippen molar-refractivity contribution in [1.29, 1.82) is 0 Å². The molecule has 8 heteroatoms. The highest BCUT2D eigenvalue weighted by Gasteiger charge is 2.27. The van der Waals surface area contributed by atoms with Gasteiger partial charge in [-0.2, -0.15) is 15.6 Å². The second-order valence-electron chi connectivity index (χ2n) is 6.61. The standard InChI is InChI=1S/C21H23N3O3S2/c1-3-21(25)23-18-7-8-20(16(2)12-18)29(26,27)24(13-17-9-11-28-15-17)14-19-6-4-5-10-22-19/h4-12,15H,3,13-14H2,1-2H3,(H,23,25). The van der Waals surface area contributed by atoms with Gasteiger partial charge in [-0.1, -0.05) is 13.0 Å². The Hall–Kier alpha value is -2.55. The maximum absolute atomic E-state index is 13.5. The molecule has 3 aromatic rings. The molecule has 6 nitrogen and oxygen atoms in total. The van der Waals surface area contributed by atoms with Crippen LogP contribution in [0.2, 0.25) is 0 Å². The minimum Gasteiger partial charge on any atom is -0.326 e. The van der Waals surface area contributed by atoms with Crippen LogP contribution < -0.4 is 5.32 Å². The summed E-state index contributed by atoms with van der Waals surface area (Å²) in [5.74, 6) is -0.116. The topological polar surface area (TPSA) is 79.4 Å². The van der Waals surface area contributed by atoms with E-state index in [-0.39, 0.29) is 23.9 Å². The Kier molecular flexibility index (Phi) is 6.79. The third kappa shape index (κ3) is 5.29. The van der Waals surface area contributed by atoms with Crippen molar-refractivity contribution in [3.63, 3.8) is 0 Å². The molecule has 1 N–H and O–H groups in total. The zero-order valence-corrected chi connectivity index (χ0v) is 18.0. The van der Waals surface area contributed by atoms with Crippen LogP contribution in [-0.4, -0.2) is 23.6 Å². The number of anilines is 1. The Bertz CT molecular complexity index is 1070. The first-order valence-electron chi connectivity index (χ1n) is 9.21. The van der Waals surface area contributed by atoms with E-state index in [4.69, 9.17) is 0 Å². The first-order valence-corrected chi connectivity index (χ1v) is 11.6. The van der Waals surface area contributed by atoms with Gasteiger partial charge in [-0.25, -0.2) is 8.42 Å². The van der Waals surface area contributed by atoms with Crippen LogP contribution in [0.15, 0.2) is 64.3 Å². The lowest BCUT2D eigenvalue weighted by molar-refractivity contribution is -0.115. The lowest BCUT2D eigenvalue weighted by atomic mass is 10.2. The molecule has 0 aliphatic rings. The van der Waals surface area contributed by atoms with Crippen molar-refractivity contribution in [3.05, 3.63) is 76.2 Å². The van der Waals surface area contributed by atoms with Crippen LogP contribution in [0.4, 0.5) is 5.69 Å². The van der Waals surface area contributed by atoms with Crippen molar-refractivity contribution in [3.8, 4) is 0 Å². The number of thiophene rings is 1. The van der Waals surface area contributed by atoms with Gasteiger partial charge in [0.2, 0.25) is 15.9 Å². The zero-order chi connectivity index (χ0) is 20.9. The average molecular weight is 430 g/mol. The first kappa shape index (κ1) is 21.2. The fourth-order valence-corrected chi connectivity index (χ4v) is 5.15. The number of nitrogens with one attached hydrogen (secondary N) is 1. The van der Waals surface area contributed by atoms with Gasteiger partial charge in [0.1, 0.15) is 0 Å². The van der Waals surface area contributed by atoms with Crippen LogP contribution in [0, 0.1) is 6.92 Å². The quantitative estimate of drug-likeness (QED) is 0.582. The first-order chi connectivity index (χ1) is 13.9. The van der Waals surface area contributed by atoms with Crippen molar-refractivity contribution in [2.24, 2.45) is 0 Å². The zero-order valence-electron chi connectivity index (χ0n) is 16.3. The van der Waals surface area contributed by atoms with E-state index in [1.54, 1.807) is 44.3 Å². The number of aromatic nitrogens is 1. The molecule has 0 unspecified atom stereocenters. The summed E-state index contributed by atoms with van der Waals surface area (Å²) >= 11 is 1.53. The fourth-order valence-electron chi connectivity index (χ4n) is 2.89. The molecule has 0 aliphatic heterocycles. The van der Waals surface area contributed by atoms with Crippen LogP contribution in [-0.2, 0) is 27.9 Å². The summed E-state index contributed by atoms with van der Waals surface area (Å²) in [6.45, 7) is 3.93. The van der Waals surface area contributed by atoms with E-state index in [1.807, 2.05) is 29.0 Å². The predicted molar refractivity (Wildman–Crippen MR) is 115 cm³/mol. The molecule has 0 spiro atoms. The Labute approximate surface area is 175 Å². The van der Waals surface area contributed by atoms with E-state index < -0.39 is 10.0 Å². The van der Waals surface area contributed by atoms with Gasteiger partial charge in [0, 0.05) is 24.8 Å². The summed E-state index contributed by atoms with van der Waals surface area (Å²) in [6, 6.07) is 12.2. The number of hydrogen-bond donors (Lipinski definition) is 1. The summed E-state index contributed by atoms with van der Waals surface area (Å²) in [6.07, 6.45) is 2.01. The molecule has 3 rings (SSSR count). The Morgan fingerprint density at radius 2 is 2.00 bits per heavy atom.